The highest BCUT2D eigenvalue weighted by Gasteiger charge is 2.17. The fraction of sp³-hybridized carbons (Fsp3) is 0.409. The van der Waals surface area contributed by atoms with Gasteiger partial charge in [-0.25, -0.2) is 14.8 Å². The molecule has 3 heterocycles. The van der Waals surface area contributed by atoms with Gasteiger partial charge in [-0.1, -0.05) is 50.9 Å². The van der Waals surface area contributed by atoms with Gasteiger partial charge in [-0.05, 0) is 47.0 Å². The first-order chi connectivity index (χ1) is 15.1. The first-order valence-corrected chi connectivity index (χ1v) is 11.1. The molecule has 0 aliphatic heterocycles. The molecular formula is C22H27ClN8. The molecule has 0 saturated carbocycles. The van der Waals surface area contributed by atoms with Crippen molar-refractivity contribution < 1.29 is 0 Å². The zero-order chi connectivity index (χ0) is 21.8. The molecule has 1 aromatic carbocycles. The first kappa shape index (κ1) is 21.2. The van der Waals surface area contributed by atoms with E-state index < -0.39 is 0 Å². The number of hydrogen-bond donors (Lipinski definition) is 1. The van der Waals surface area contributed by atoms with E-state index in [-0.39, 0.29) is 0 Å². The van der Waals surface area contributed by atoms with Crippen LogP contribution >= 0.6 is 11.6 Å². The largest absolute Gasteiger partial charge is 0.312 e. The van der Waals surface area contributed by atoms with Crippen LogP contribution in [-0.2, 0) is 13.0 Å². The average Bonchev–Trinajstić information content (AvgIpc) is 3.52. The summed E-state index contributed by atoms with van der Waals surface area (Å²) in [5.41, 5.74) is 2.88. The molecule has 9 heteroatoms. The van der Waals surface area contributed by atoms with Gasteiger partial charge < -0.3 is 4.57 Å². The van der Waals surface area contributed by atoms with Crippen molar-refractivity contribution in [2.24, 2.45) is 0 Å². The summed E-state index contributed by atoms with van der Waals surface area (Å²) in [4.78, 5) is 4.83. The Balaban J connectivity index is 1.58. The van der Waals surface area contributed by atoms with Crippen LogP contribution in [0.25, 0.3) is 17.2 Å². The number of unbranched alkanes of at least 4 members (excludes halogenated alkanes) is 1. The second-order valence-corrected chi connectivity index (χ2v) is 8.16. The fourth-order valence-corrected chi connectivity index (χ4v) is 3.79. The fourth-order valence-electron chi connectivity index (χ4n) is 3.55. The zero-order valence-electron chi connectivity index (χ0n) is 18.1. The molecule has 1 atom stereocenters. The van der Waals surface area contributed by atoms with Crippen LogP contribution in [0.4, 0.5) is 0 Å². The Morgan fingerprint density at radius 3 is 2.61 bits per heavy atom. The second kappa shape index (κ2) is 9.43. The number of rotatable bonds is 9. The predicted octanol–water partition coefficient (Wildman–Crippen LogP) is 4.81. The van der Waals surface area contributed by atoms with Crippen molar-refractivity contribution in [2.75, 3.05) is 0 Å². The molecule has 0 aliphatic carbocycles. The summed E-state index contributed by atoms with van der Waals surface area (Å²) < 4.78 is 4.03. The molecule has 1 N–H and O–H groups in total. The maximum absolute atomic E-state index is 6.37. The van der Waals surface area contributed by atoms with Crippen molar-refractivity contribution >= 4 is 11.6 Å². The summed E-state index contributed by atoms with van der Waals surface area (Å²) in [6.45, 7) is 7.29. The number of nitrogens with one attached hydrogen (secondary N) is 1. The standard InChI is InChI=1S/C22H27ClN8/c1-4-6-7-19-24-22(15(3)5-2)31(27-19)14-16-8-10-17(11-9-16)30-13-12-18(23)20(30)21-25-28-29-26-21/h8-13,15H,4-7,14H2,1-3H3,(H,25,26,28,29). The Hall–Kier alpha value is -3.00. The molecular weight excluding hydrogens is 412 g/mol. The molecule has 31 heavy (non-hydrogen) atoms. The summed E-state index contributed by atoms with van der Waals surface area (Å²) in [5.74, 6) is 2.91. The second-order valence-electron chi connectivity index (χ2n) is 7.76. The maximum Gasteiger partial charge on any atom is 0.197 e. The van der Waals surface area contributed by atoms with Gasteiger partial charge in [0.2, 0.25) is 0 Å². The van der Waals surface area contributed by atoms with E-state index in [0.29, 0.717) is 23.3 Å². The summed E-state index contributed by atoms with van der Waals surface area (Å²) in [6, 6.07) is 10.2. The number of nitrogens with zero attached hydrogens (tertiary/aromatic N) is 7. The topological polar surface area (TPSA) is 90.1 Å². The lowest BCUT2D eigenvalue weighted by molar-refractivity contribution is 0.574. The SMILES string of the molecule is CCCCc1nc(C(C)CC)n(Cc2ccc(-n3ccc(Cl)c3-c3nnn[nH]3)cc2)n1. The van der Waals surface area contributed by atoms with Crippen LogP contribution in [-0.4, -0.2) is 40.0 Å². The van der Waals surface area contributed by atoms with Crippen LogP contribution in [0.5, 0.6) is 0 Å². The number of benzene rings is 1. The van der Waals surface area contributed by atoms with Crippen molar-refractivity contribution in [1.82, 2.24) is 40.0 Å². The Morgan fingerprint density at radius 2 is 1.94 bits per heavy atom. The van der Waals surface area contributed by atoms with Crippen molar-refractivity contribution in [2.45, 2.75) is 58.9 Å². The molecule has 1 unspecified atom stereocenters. The number of aryl methyl sites for hydroxylation is 1. The van der Waals surface area contributed by atoms with Gasteiger partial charge in [0.1, 0.15) is 11.5 Å². The van der Waals surface area contributed by atoms with Gasteiger partial charge in [0, 0.05) is 24.2 Å². The normalized spacial score (nSPS) is 12.4. The van der Waals surface area contributed by atoms with E-state index in [1.807, 2.05) is 16.8 Å². The number of halogens is 1. The molecule has 3 aromatic heterocycles. The van der Waals surface area contributed by atoms with Gasteiger partial charge in [-0.15, -0.1) is 5.10 Å². The minimum absolute atomic E-state index is 0.377. The molecule has 162 valence electrons. The van der Waals surface area contributed by atoms with E-state index >= 15 is 0 Å². The van der Waals surface area contributed by atoms with Crippen LogP contribution in [0.2, 0.25) is 5.02 Å². The Kier molecular flexibility index (Phi) is 6.46. The van der Waals surface area contributed by atoms with E-state index in [1.54, 1.807) is 0 Å². The summed E-state index contributed by atoms with van der Waals surface area (Å²) >= 11 is 6.37. The highest BCUT2D eigenvalue weighted by atomic mass is 35.5. The number of H-pyrrole nitrogens is 1. The quantitative estimate of drug-likeness (QED) is 0.405. The van der Waals surface area contributed by atoms with Gasteiger partial charge in [-0.2, -0.15) is 5.10 Å². The Morgan fingerprint density at radius 1 is 1.13 bits per heavy atom. The van der Waals surface area contributed by atoms with Gasteiger partial charge in [0.05, 0.1) is 11.6 Å². The molecule has 0 aliphatic rings. The van der Waals surface area contributed by atoms with Crippen LogP contribution in [0.3, 0.4) is 0 Å². The number of hydrogen-bond acceptors (Lipinski definition) is 5. The minimum atomic E-state index is 0.377. The molecule has 0 fully saturated rings. The van der Waals surface area contributed by atoms with E-state index in [2.05, 4.69) is 70.3 Å². The Labute approximate surface area is 186 Å². The van der Waals surface area contributed by atoms with Gasteiger partial charge in [0.25, 0.3) is 0 Å². The number of aromatic amines is 1. The highest BCUT2D eigenvalue weighted by molar-refractivity contribution is 6.33. The lowest BCUT2D eigenvalue weighted by atomic mass is 10.1. The molecule has 8 nitrogen and oxygen atoms in total. The lowest BCUT2D eigenvalue weighted by Gasteiger charge is -2.12. The molecule has 4 rings (SSSR count). The van der Waals surface area contributed by atoms with Crippen LogP contribution in [0, 0.1) is 0 Å². The molecule has 0 saturated heterocycles. The monoisotopic (exact) mass is 438 g/mol. The van der Waals surface area contributed by atoms with Gasteiger partial charge in [-0.3, -0.25) is 0 Å². The molecule has 0 radical (unpaired) electrons. The summed E-state index contributed by atoms with van der Waals surface area (Å²) in [5, 5.41) is 19.5. The third-order valence-electron chi connectivity index (χ3n) is 5.50. The highest BCUT2D eigenvalue weighted by Crippen LogP contribution is 2.29. The number of aromatic nitrogens is 8. The molecule has 0 spiro atoms. The van der Waals surface area contributed by atoms with Crippen molar-refractivity contribution in [1.29, 1.82) is 0 Å². The van der Waals surface area contributed by atoms with Crippen LogP contribution in [0.15, 0.2) is 36.5 Å². The maximum atomic E-state index is 6.37. The van der Waals surface area contributed by atoms with Crippen molar-refractivity contribution in [3.63, 3.8) is 0 Å². The zero-order valence-corrected chi connectivity index (χ0v) is 18.8. The van der Waals surface area contributed by atoms with E-state index in [4.69, 9.17) is 21.7 Å². The molecule has 0 amide bonds. The summed E-state index contributed by atoms with van der Waals surface area (Å²) in [7, 11) is 0. The first-order valence-electron chi connectivity index (χ1n) is 10.7. The van der Waals surface area contributed by atoms with E-state index in [1.165, 1.54) is 5.56 Å². The van der Waals surface area contributed by atoms with Crippen molar-refractivity contribution in [3.8, 4) is 17.2 Å². The smallest absolute Gasteiger partial charge is 0.197 e. The summed E-state index contributed by atoms with van der Waals surface area (Å²) in [6.07, 6.45) is 6.14. The average molecular weight is 439 g/mol. The van der Waals surface area contributed by atoms with Gasteiger partial charge in [0.15, 0.2) is 11.6 Å². The van der Waals surface area contributed by atoms with Crippen LogP contribution in [0.1, 0.15) is 63.2 Å². The van der Waals surface area contributed by atoms with Crippen molar-refractivity contribution in [3.05, 3.63) is 58.8 Å². The Bertz CT molecular complexity index is 1110. The number of tetrazole rings is 1. The van der Waals surface area contributed by atoms with E-state index in [9.17, 15) is 0 Å². The molecule has 4 aromatic rings. The predicted molar refractivity (Wildman–Crippen MR) is 120 cm³/mol. The lowest BCUT2D eigenvalue weighted by Crippen LogP contribution is -2.09. The van der Waals surface area contributed by atoms with Crippen LogP contribution < -0.4 is 0 Å². The van der Waals surface area contributed by atoms with Gasteiger partial charge >= 0.3 is 0 Å². The third kappa shape index (κ3) is 4.54. The molecule has 0 bridgehead atoms. The third-order valence-corrected chi connectivity index (χ3v) is 5.81. The van der Waals surface area contributed by atoms with E-state index in [0.717, 1.165) is 48.7 Å². The minimum Gasteiger partial charge on any atom is -0.312 e.